The van der Waals surface area contributed by atoms with Crippen molar-refractivity contribution < 1.29 is 9.90 Å². The van der Waals surface area contributed by atoms with Gasteiger partial charge in [-0.3, -0.25) is 0 Å². The van der Waals surface area contributed by atoms with Gasteiger partial charge < -0.3 is 10.0 Å². The molecule has 6 nitrogen and oxygen atoms in total. The maximum Gasteiger partial charge on any atom is 0.335 e. The third kappa shape index (κ3) is 3.05. The van der Waals surface area contributed by atoms with Gasteiger partial charge in [0.05, 0.1) is 5.56 Å². The van der Waals surface area contributed by atoms with Crippen molar-refractivity contribution in [1.29, 1.82) is 0 Å². The van der Waals surface area contributed by atoms with Gasteiger partial charge in [0.25, 0.3) is 0 Å². The molecule has 3 heterocycles. The Morgan fingerprint density at radius 2 is 2.19 bits per heavy atom. The number of nitrogens with zero attached hydrogens (tertiary/aromatic N) is 4. The Morgan fingerprint density at radius 3 is 2.86 bits per heavy atom. The van der Waals surface area contributed by atoms with Crippen LogP contribution in [-0.2, 0) is 6.42 Å². The van der Waals surface area contributed by atoms with E-state index in [9.17, 15) is 4.79 Å². The highest BCUT2D eigenvalue weighted by Crippen LogP contribution is 2.20. The molecular weight excluding hydrogens is 268 g/mol. The molecule has 2 aromatic rings. The number of pyridine rings is 1. The predicted molar refractivity (Wildman–Crippen MR) is 78.5 cm³/mol. The second-order valence-electron chi connectivity index (χ2n) is 5.63. The molecule has 112 valence electrons. The van der Waals surface area contributed by atoms with E-state index < -0.39 is 5.97 Å². The first-order chi connectivity index (χ1) is 10.2. The molecule has 0 amide bonds. The zero-order chi connectivity index (χ0) is 14.8. The van der Waals surface area contributed by atoms with Crippen LogP contribution in [0, 0.1) is 5.92 Å². The van der Waals surface area contributed by atoms with Gasteiger partial charge in [-0.05, 0) is 50.5 Å². The predicted octanol–water partition coefficient (Wildman–Crippen LogP) is 1.70. The maximum absolute atomic E-state index is 11.0. The Labute approximate surface area is 123 Å². The molecule has 21 heavy (non-hydrogen) atoms. The van der Waals surface area contributed by atoms with Crippen LogP contribution in [0.3, 0.4) is 0 Å². The lowest BCUT2D eigenvalue weighted by Crippen LogP contribution is -2.34. The van der Waals surface area contributed by atoms with Crippen LogP contribution in [0.25, 0.3) is 5.65 Å². The number of aromatic nitrogens is 3. The van der Waals surface area contributed by atoms with Gasteiger partial charge in [-0.1, -0.05) is 6.92 Å². The summed E-state index contributed by atoms with van der Waals surface area (Å²) in [4.78, 5) is 17.9. The largest absolute Gasteiger partial charge is 0.478 e. The number of hydrogen-bond acceptors (Lipinski definition) is 4. The van der Waals surface area contributed by atoms with Crippen LogP contribution in [0.1, 0.15) is 35.9 Å². The van der Waals surface area contributed by atoms with Gasteiger partial charge in [0.15, 0.2) is 11.5 Å². The molecule has 1 aliphatic rings. The summed E-state index contributed by atoms with van der Waals surface area (Å²) in [6.07, 6.45) is 4.91. The minimum Gasteiger partial charge on any atom is -0.478 e. The number of aromatic carboxylic acids is 1. The van der Waals surface area contributed by atoms with Crippen molar-refractivity contribution in [2.75, 3.05) is 19.6 Å². The minimum absolute atomic E-state index is 0.248. The van der Waals surface area contributed by atoms with E-state index in [1.807, 2.05) is 0 Å². The number of rotatable bonds is 4. The highest BCUT2D eigenvalue weighted by atomic mass is 16.4. The van der Waals surface area contributed by atoms with E-state index in [1.165, 1.54) is 12.8 Å². The molecule has 1 aliphatic heterocycles. The summed E-state index contributed by atoms with van der Waals surface area (Å²) >= 11 is 0. The van der Waals surface area contributed by atoms with Gasteiger partial charge in [0, 0.05) is 12.6 Å². The zero-order valence-corrected chi connectivity index (χ0v) is 12.2. The van der Waals surface area contributed by atoms with Gasteiger partial charge in [-0.2, -0.15) is 5.10 Å². The minimum atomic E-state index is -0.936. The standard InChI is InChI=1S/C15H20N4O2/c1-2-18-6-3-11(4-7-18)9-13-16-14-10-12(15(20)21)5-8-19(14)17-13/h5,8,10-11H,2-4,6-7,9H2,1H3,(H,20,21). The van der Waals surface area contributed by atoms with Crippen molar-refractivity contribution in [3.63, 3.8) is 0 Å². The van der Waals surface area contributed by atoms with E-state index in [-0.39, 0.29) is 5.56 Å². The van der Waals surface area contributed by atoms with Crippen LogP contribution < -0.4 is 0 Å². The fraction of sp³-hybridized carbons (Fsp3) is 0.533. The average molecular weight is 288 g/mol. The third-order valence-corrected chi connectivity index (χ3v) is 4.25. The lowest BCUT2D eigenvalue weighted by Gasteiger charge is -2.30. The highest BCUT2D eigenvalue weighted by molar-refractivity contribution is 5.88. The normalized spacial score (nSPS) is 17.4. The average Bonchev–Trinajstić information content (AvgIpc) is 2.89. The summed E-state index contributed by atoms with van der Waals surface area (Å²) in [6, 6.07) is 3.12. The molecule has 6 heteroatoms. The monoisotopic (exact) mass is 288 g/mol. The topological polar surface area (TPSA) is 70.7 Å². The van der Waals surface area contributed by atoms with Crippen LogP contribution >= 0.6 is 0 Å². The van der Waals surface area contributed by atoms with Crippen LogP contribution in [0.5, 0.6) is 0 Å². The van der Waals surface area contributed by atoms with Gasteiger partial charge in [-0.25, -0.2) is 14.3 Å². The summed E-state index contributed by atoms with van der Waals surface area (Å²) in [6.45, 7) is 5.62. The van der Waals surface area contributed by atoms with Crippen LogP contribution in [-0.4, -0.2) is 50.2 Å². The number of carboxylic acid groups (broad SMARTS) is 1. The maximum atomic E-state index is 11.0. The van der Waals surface area contributed by atoms with Crippen LogP contribution in [0.2, 0.25) is 0 Å². The number of piperidine rings is 1. The number of likely N-dealkylation sites (tertiary alicyclic amines) is 1. The molecule has 0 aromatic carbocycles. The molecule has 0 aliphatic carbocycles. The van der Waals surface area contributed by atoms with Crippen LogP contribution in [0.4, 0.5) is 0 Å². The van der Waals surface area contributed by atoms with Crippen molar-refractivity contribution in [3.8, 4) is 0 Å². The molecule has 1 N–H and O–H groups in total. The van der Waals surface area contributed by atoms with Crippen LogP contribution in [0.15, 0.2) is 18.3 Å². The molecule has 0 spiro atoms. The molecule has 0 atom stereocenters. The quantitative estimate of drug-likeness (QED) is 0.927. The summed E-state index contributed by atoms with van der Waals surface area (Å²) in [5.74, 6) is 0.505. The van der Waals surface area contributed by atoms with Gasteiger partial charge in [0.2, 0.25) is 0 Å². The van der Waals surface area contributed by atoms with Crippen molar-refractivity contribution in [1.82, 2.24) is 19.5 Å². The van der Waals surface area contributed by atoms with Crippen molar-refractivity contribution >= 4 is 11.6 Å². The summed E-state index contributed by atoms with van der Waals surface area (Å²) < 4.78 is 1.66. The number of hydrogen-bond donors (Lipinski definition) is 1. The number of carboxylic acids is 1. The second-order valence-corrected chi connectivity index (χ2v) is 5.63. The van der Waals surface area contributed by atoms with Crippen molar-refractivity contribution in [2.45, 2.75) is 26.2 Å². The van der Waals surface area contributed by atoms with E-state index in [1.54, 1.807) is 22.8 Å². The lowest BCUT2D eigenvalue weighted by atomic mass is 9.93. The number of fused-ring (bicyclic) bond motifs is 1. The highest BCUT2D eigenvalue weighted by Gasteiger charge is 2.20. The fourth-order valence-corrected chi connectivity index (χ4v) is 2.91. The van der Waals surface area contributed by atoms with Gasteiger partial charge in [0.1, 0.15) is 0 Å². The lowest BCUT2D eigenvalue weighted by molar-refractivity contribution is 0.0697. The van der Waals surface area contributed by atoms with E-state index in [4.69, 9.17) is 5.11 Å². The zero-order valence-electron chi connectivity index (χ0n) is 12.2. The van der Waals surface area contributed by atoms with Crippen molar-refractivity contribution in [2.24, 2.45) is 5.92 Å². The molecular formula is C15H20N4O2. The Balaban J connectivity index is 1.71. The Kier molecular flexibility index (Phi) is 3.88. The summed E-state index contributed by atoms with van der Waals surface area (Å²) in [5.41, 5.74) is 0.855. The Hall–Kier alpha value is -1.95. The fourth-order valence-electron chi connectivity index (χ4n) is 2.91. The van der Waals surface area contributed by atoms with E-state index >= 15 is 0 Å². The molecule has 2 aromatic heterocycles. The van der Waals surface area contributed by atoms with Gasteiger partial charge >= 0.3 is 5.97 Å². The van der Waals surface area contributed by atoms with E-state index in [0.29, 0.717) is 11.6 Å². The van der Waals surface area contributed by atoms with Gasteiger partial charge in [-0.15, -0.1) is 0 Å². The molecule has 0 bridgehead atoms. The first kappa shape index (κ1) is 14.0. The van der Waals surface area contributed by atoms with Crippen molar-refractivity contribution in [3.05, 3.63) is 29.7 Å². The molecule has 1 saturated heterocycles. The first-order valence-corrected chi connectivity index (χ1v) is 7.46. The molecule has 0 radical (unpaired) electrons. The number of carbonyl (C=O) groups is 1. The summed E-state index contributed by atoms with van der Waals surface area (Å²) in [5, 5.41) is 13.4. The smallest absolute Gasteiger partial charge is 0.335 e. The first-order valence-electron chi connectivity index (χ1n) is 7.46. The molecule has 3 rings (SSSR count). The van der Waals surface area contributed by atoms with E-state index in [2.05, 4.69) is 21.9 Å². The molecule has 0 saturated carbocycles. The third-order valence-electron chi connectivity index (χ3n) is 4.25. The SMILES string of the molecule is CCN1CCC(Cc2nc3cc(C(=O)O)ccn3n2)CC1. The summed E-state index contributed by atoms with van der Waals surface area (Å²) in [7, 11) is 0. The second kappa shape index (κ2) is 5.81. The Bertz CT molecular complexity index is 644. The Morgan fingerprint density at radius 1 is 1.43 bits per heavy atom. The molecule has 0 unspecified atom stereocenters. The van der Waals surface area contributed by atoms with E-state index in [0.717, 1.165) is 31.9 Å². The molecule has 1 fully saturated rings.